The van der Waals surface area contributed by atoms with E-state index in [0.29, 0.717) is 29.9 Å². The van der Waals surface area contributed by atoms with E-state index in [1.807, 2.05) is 47.7 Å². The van der Waals surface area contributed by atoms with Crippen molar-refractivity contribution in [2.45, 2.75) is 46.2 Å². The van der Waals surface area contributed by atoms with Crippen LogP contribution in [0.2, 0.25) is 0 Å². The van der Waals surface area contributed by atoms with E-state index < -0.39 is 11.9 Å². The van der Waals surface area contributed by atoms with Gasteiger partial charge in [-0.1, -0.05) is 32.6 Å². The van der Waals surface area contributed by atoms with E-state index in [1.54, 1.807) is 29.2 Å². The number of carbonyl (C=O) groups is 3. The first-order valence-corrected chi connectivity index (χ1v) is 15.1. The third-order valence-corrected chi connectivity index (χ3v) is 8.45. The van der Waals surface area contributed by atoms with Crippen LogP contribution in [0.15, 0.2) is 55.6 Å². The second-order valence-electron chi connectivity index (χ2n) is 11.3. The van der Waals surface area contributed by atoms with Crippen molar-refractivity contribution in [2.24, 2.45) is 0 Å². The van der Waals surface area contributed by atoms with Crippen LogP contribution in [0.4, 0.5) is 0 Å². The summed E-state index contributed by atoms with van der Waals surface area (Å²) in [5.74, 6) is -1.26. The third kappa shape index (κ3) is 5.39. The second-order valence-corrected chi connectivity index (χ2v) is 11.3. The standard InChI is InChI=1S/C34H36N6O5/c1-6-22-9-11-26-24(15-22)21(3)37(4)17-28-30(35-19-39(26)28)33(42)44-13-8-14-45-34(43)31-29-18-38(5)32(41)25-16-23(7-2)10-12-27(25)40(29)20-36-31/h9-12,15-16,19-20H,3,6-8,13-14,17-18H2,1-2,4-5H3. The van der Waals surface area contributed by atoms with Gasteiger partial charge in [0.05, 0.1) is 54.6 Å². The first-order chi connectivity index (χ1) is 21.7. The van der Waals surface area contributed by atoms with Gasteiger partial charge in [-0.15, -0.1) is 0 Å². The molecule has 2 aromatic carbocycles. The smallest absolute Gasteiger partial charge is 0.358 e. The van der Waals surface area contributed by atoms with Gasteiger partial charge in [-0.2, -0.15) is 0 Å². The quantitative estimate of drug-likeness (QED) is 0.211. The molecule has 0 saturated carbocycles. The van der Waals surface area contributed by atoms with Crippen molar-refractivity contribution in [2.75, 3.05) is 27.3 Å². The van der Waals surface area contributed by atoms with Crippen LogP contribution in [0.3, 0.4) is 0 Å². The highest BCUT2D eigenvalue weighted by molar-refractivity contribution is 5.99. The Hall–Kier alpha value is -5.19. The molecule has 0 bridgehead atoms. The van der Waals surface area contributed by atoms with Crippen LogP contribution in [-0.4, -0.2) is 74.1 Å². The van der Waals surface area contributed by atoms with Gasteiger partial charge in [-0.05, 0) is 48.2 Å². The predicted octanol–water partition coefficient (Wildman–Crippen LogP) is 4.59. The maximum atomic E-state index is 13.1. The monoisotopic (exact) mass is 608 g/mol. The number of fused-ring (bicyclic) bond motifs is 6. The Morgan fingerprint density at radius 3 is 1.80 bits per heavy atom. The van der Waals surface area contributed by atoms with Crippen molar-refractivity contribution in [3.8, 4) is 11.4 Å². The first kappa shape index (κ1) is 29.9. The van der Waals surface area contributed by atoms with Crippen molar-refractivity contribution in [1.82, 2.24) is 28.9 Å². The lowest BCUT2D eigenvalue weighted by atomic mass is 10.0. The molecule has 0 atom stereocenters. The van der Waals surface area contributed by atoms with Crippen LogP contribution >= 0.6 is 0 Å². The second kappa shape index (κ2) is 12.1. The van der Waals surface area contributed by atoms with E-state index in [-0.39, 0.29) is 37.1 Å². The number of rotatable bonds is 8. The van der Waals surface area contributed by atoms with Crippen molar-refractivity contribution < 1.29 is 23.9 Å². The summed E-state index contributed by atoms with van der Waals surface area (Å²) in [7, 11) is 3.64. The predicted molar refractivity (Wildman–Crippen MR) is 167 cm³/mol. The van der Waals surface area contributed by atoms with Crippen LogP contribution in [-0.2, 0) is 35.4 Å². The molecule has 2 aliphatic rings. The molecule has 2 aliphatic heterocycles. The van der Waals surface area contributed by atoms with Crippen molar-refractivity contribution in [3.63, 3.8) is 0 Å². The average molecular weight is 609 g/mol. The van der Waals surface area contributed by atoms with Gasteiger partial charge in [-0.25, -0.2) is 19.6 Å². The van der Waals surface area contributed by atoms with Crippen LogP contribution in [0.5, 0.6) is 0 Å². The van der Waals surface area contributed by atoms with E-state index in [4.69, 9.17) is 9.47 Å². The number of ether oxygens (including phenoxy) is 2. The molecule has 4 aromatic rings. The molecule has 0 spiro atoms. The average Bonchev–Trinajstić information content (AvgIpc) is 3.62. The number of aryl methyl sites for hydroxylation is 2. The molecule has 6 rings (SSSR count). The highest BCUT2D eigenvalue weighted by atomic mass is 16.5. The van der Waals surface area contributed by atoms with E-state index in [1.165, 1.54) is 5.56 Å². The molecule has 11 heteroatoms. The Morgan fingerprint density at radius 2 is 1.27 bits per heavy atom. The van der Waals surface area contributed by atoms with Gasteiger partial charge in [0.15, 0.2) is 11.4 Å². The van der Waals surface area contributed by atoms with Crippen molar-refractivity contribution in [3.05, 3.63) is 101 Å². The Labute approximate surface area is 261 Å². The largest absolute Gasteiger partial charge is 0.461 e. The maximum Gasteiger partial charge on any atom is 0.358 e. The van der Waals surface area contributed by atoms with Crippen LogP contribution in [0, 0.1) is 0 Å². The van der Waals surface area contributed by atoms with Crippen LogP contribution < -0.4 is 0 Å². The molecule has 2 aromatic heterocycles. The zero-order valence-electron chi connectivity index (χ0n) is 26.0. The van der Waals surface area contributed by atoms with E-state index in [9.17, 15) is 14.4 Å². The number of imidazole rings is 2. The summed E-state index contributed by atoms with van der Waals surface area (Å²) in [6, 6.07) is 12.0. The van der Waals surface area contributed by atoms with Gasteiger partial charge in [0.2, 0.25) is 0 Å². The molecule has 0 radical (unpaired) electrons. The fourth-order valence-corrected chi connectivity index (χ4v) is 5.79. The number of benzene rings is 2. The van der Waals surface area contributed by atoms with Crippen LogP contribution in [0.1, 0.15) is 79.7 Å². The minimum atomic E-state index is -0.600. The number of aromatic nitrogens is 4. The summed E-state index contributed by atoms with van der Waals surface area (Å²) >= 11 is 0. The van der Waals surface area contributed by atoms with Crippen LogP contribution in [0.25, 0.3) is 17.1 Å². The molecular formula is C34H36N6O5. The van der Waals surface area contributed by atoms with E-state index in [2.05, 4.69) is 35.6 Å². The maximum absolute atomic E-state index is 13.1. The van der Waals surface area contributed by atoms with Gasteiger partial charge in [0, 0.05) is 31.8 Å². The van der Waals surface area contributed by atoms with E-state index in [0.717, 1.165) is 41.0 Å². The molecule has 1 amide bonds. The summed E-state index contributed by atoms with van der Waals surface area (Å²) in [5, 5.41) is 0. The number of hydrogen-bond acceptors (Lipinski definition) is 8. The van der Waals surface area contributed by atoms with Gasteiger partial charge in [0.1, 0.15) is 12.7 Å². The lowest BCUT2D eigenvalue weighted by molar-refractivity contribution is 0.0386. The minimum Gasteiger partial charge on any atom is -0.461 e. The fourth-order valence-electron chi connectivity index (χ4n) is 5.79. The Bertz CT molecular complexity index is 1700. The zero-order valence-corrected chi connectivity index (χ0v) is 26.0. The molecule has 0 fully saturated rings. The fraction of sp³-hybridized carbons (Fsp3) is 0.324. The Kier molecular flexibility index (Phi) is 8.01. The highest BCUT2D eigenvalue weighted by Crippen LogP contribution is 2.32. The summed E-state index contributed by atoms with van der Waals surface area (Å²) in [6.45, 7) is 9.14. The molecule has 0 N–H and O–H groups in total. The van der Waals surface area contributed by atoms with E-state index >= 15 is 0 Å². The topological polar surface area (TPSA) is 112 Å². The third-order valence-electron chi connectivity index (χ3n) is 8.45. The lowest BCUT2D eigenvalue weighted by Crippen LogP contribution is -2.26. The molecule has 11 nitrogen and oxygen atoms in total. The normalized spacial score (nSPS) is 13.8. The summed E-state index contributed by atoms with van der Waals surface area (Å²) in [6.07, 6.45) is 5.20. The zero-order chi connectivity index (χ0) is 31.8. The first-order valence-electron chi connectivity index (χ1n) is 15.1. The minimum absolute atomic E-state index is 0.0284. The SMILES string of the molecule is C=C1c2cc(CC)ccc2-n2cnc(C(=O)OCCCOC(=O)c3ncn4c3CN(C)C(=O)c3cc(CC)ccc3-4)c2CN1C. The number of amides is 1. The molecule has 0 aliphatic carbocycles. The van der Waals surface area contributed by atoms with Gasteiger partial charge < -0.3 is 19.3 Å². The number of nitrogens with zero attached hydrogens (tertiary/aromatic N) is 6. The molecule has 0 unspecified atom stereocenters. The molecule has 232 valence electrons. The molecule has 4 heterocycles. The lowest BCUT2D eigenvalue weighted by Gasteiger charge is -2.19. The number of hydrogen-bond donors (Lipinski definition) is 0. The summed E-state index contributed by atoms with van der Waals surface area (Å²) in [5.41, 5.74) is 7.96. The summed E-state index contributed by atoms with van der Waals surface area (Å²) in [4.78, 5) is 51.5. The van der Waals surface area contributed by atoms with Gasteiger partial charge in [0.25, 0.3) is 5.91 Å². The number of esters is 2. The molecular weight excluding hydrogens is 572 g/mol. The Balaban J connectivity index is 1.09. The van der Waals surface area contributed by atoms with Gasteiger partial charge >= 0.3 is 11.9 Å². The molecule has 0 saturated heterocycles. The highest BCUT2D eigenvalue weighted by Gasteiger charge is 2.30. The Morgan fingerprint density at radius 1 is 0.778 bits per heavy atom. The van der Waals surface area contributed by atoms with Crippen molar-refractivity contribution >= 4 is 23.5 Å². The van der Waals surface area contributed by atoms with Gasteiger partial charge in [-0.3, -0.25) is 13.9 Å². The van der Waals surface area contributed by atoms with Crippen molar-refractivity contribution in [1.29, 1.82) is 0 Å². The summed E-state index contributed by atoms with van der Waals surface area (Å²) < 4.78 is 14.7. The number of carbonyl (C=O) groups excluding carboxylic acids is 3. The molecule has 45 heavy (non-hydrogen) atoms.